The van der Waals surface area contributed by atoms with E-state index in [1.807, 2.05) is 18.2 Å². The number of aliphatic hydroxyl groups is 1. The summed E-state index contributed by atoms with van der Waals surface area (Å²) in [5.74, 6) is -0.645. The Morgan fingerprint density at radius 3 is 2.70 bits per heavy atom. The quantitative estimate of drug-likeness (QED) is 0.679. The molecule has 1 aliphatic rings. The first kappa shape index (κ1) is 20.1. The van der Waals surface area contributed by atoms with Crippen LogP contribution in [0, 0.1) is 0 Å². The summed E-state index contributed by atoms with van der Waals surface area (Å²) >= 11 is 0. The van der Waals surface area contributed by atoms with Crippen LogP contribution in [0.25, 0.3) is 5.65 Å². The molecule has 0 spiro atoms. The fourth-order valence-electron chi connectivity index (χ4n) is 3.74. The molecule has 1 aromatic carbocycles. The summed E-state index contributed by atoms with van der Waals surface area (Å²) in [6, 6.07) is 8.60. The average Bonchev–Trinajstić information content (AvgIpc) is 3.27. The number of aliphatic hydroxyl groups excluding tert-OH is 1. The highest BCUT2D eigenvalue weighted by Crippen LogP contribution is 2.34. The molecule has 0 saturated carbocycles. The second-order valence-electron chi connectivity index (χ2n) is 7.22. The zero-order valence-electron chi connectivity index (χ0n) is 16.3. The van der Waals surface area contributed by atoms with Crippen molar-refractivity contribution in [1.82, 2.24) is 19.9 Å². The Bertz CT molecular complexity index is 1110. The van der Waals surface area contributed by atoms with Gasteiger partial charge in [0.1, 0.15) is 5.69 Å². The number of anilines is 1. The highest BCUT2D eigenvalue weighted by Gasteiger charge is 2.37. The molecular formula is C20H20F3N5O2. The molecule has 1 amide bonds. The van der Waals surface area contributed by atoms with E-state index in [0.717, 1.165) is 27.7 Å². The zero-order chi connectivity index (χ0) is 21.6. The molecule has 2 heterocycles. The van der Waals surface area contributed by atoms with Gasteiger partial charge in [-0.25, -0.2) is 0 Å². The number of alkyl halides is 3. The standard InChI is InChI=1S/C20H20F3N5O2/c1-3-27(2)19-26-25-17-13(8-9-15(28(17)19)20(21,22)23)18(30)24-16-12-7-5-4-6-11(12)10-14(16)29/h4-9,14,16,29H,3,10H2,1-2H3,(H,24,30)/t14-,16+/m0/s1. The van der Waals surface area contributed by atoms with Gasteiger partial charge >= 0.3 is 6.18 Å². The van der Waals surface area contributed by atoms with Crippen molar-refractivity contribution in [3.8, 4) is 0 Å². The van der Waals surface area contributed by atoms with Gasteiger partial charge < -0.3 is 15.3 Å². The third-order valence-electron chi connectivity index (χ3n) is 5.38. The lowest BCUT2D eigenvalue weighted by Crippen LogP contribution is -2.34. The predicted molar refractivity (Wildman–Crippen MR) is 103 cm³/mol. The molecule has 0 saturated heterocycles. The van der Waals surface area contributed by atoms with Gasteiger partial charge in [-0.2, -0.15) is 13.2 Å². The van der Waals surface area contributed by atoms with Crippen LogP contribution in [0.1, 0.15) is 40.1 Å². The second kappa shape index (κ2) is 7.28. The Morgan fingerprint density at radius 1 is 1.27 bits per heavy atom. The van der Waals surface area contributed by atoms with Crippen molar-refractivity contribution in [2.75, 3.05) is 18.5 Å². The summed E-state index contributed by atoms with van der Waals surface area (Å²) in [6.45, 7) is 2.17. The average molecular weight is 419 g/mol. The van der Waals surface area contributed by atoms with Crippen LogP contribution in [0.3, 0.4) is 0 Å². The molecule has 0 unspecified atom stereocenters. The van der Waals surface area contributed by atoms with Crippen LogP contribution in [0.4, 0.5) is 19.1 Å². The van der Waals surface area contributed by atoms with Crippen molar-refractivity contribution in [1.29, 1.82) is 0 Å². The number of nitrogens with one attached hydrogen (secondary N) is 1. The minimum Gasteiger partial charge on any atom is -0.390 e. The number of nitrogens with zero attached hydrogens (tertiary/aromatic N) is 4. The smallest absolute Gasteiger partial charge is 0.390 e. The van der Waals surface area contributed by atoms with E-state index in [2.05, 4.69) is 15.5 Å². The summed E-state index contributed by atoms with van der Waals surface area (Å²) in [5, 5.41) is 20.9. The van der Waals surface area contributed by atoms with Crippen molar-refractivity contribution in [3.63, 3.8) is 0 Å². The molecule has 0 aliphatic heterocycles. The first-order valence-corrected chi connectivity index (χ1v) is 9.45. The fraction of sp³-hybridized carbons (Fsp3) is 0.350. The summed E-state index contributed by atoms with van der Waals surface area (Å²) in [7, 11) is 1.59. The molecule has 30 heavy (non-hydrogen) atoms. The maximum absolute atomic E-state index is 13.6. The maximum atomic E-state index is 13.6. The highest BCUT2D eigenvalue weighted by atomic mass is 19.4. The van der Waals surface area contributed by atoms with E-state index in [-0.39, 0.29) is 17.2 Å². The highest BCUT2D eigenvalue weighted by molar-refractivity contribution is 6.00. The van der Waals surface area contributed by atoms with E-state index >= 15 is 0 Å². The molecule has 158 valence electrons. The molecule has 2 atom stereocenters. The molecule has 2 N–H and O–H groups in total. The predicted octanol–water partition coefficient (Wildman–Crippen LogP) is 2.59. The molecule has 7 nitrogen and oxygen atoms in total. The third kappa shape index (κ3) is 3.26. The number of amides is 1. The van der Waals surface area contributed by atoms with Crippen LogP contribution in [0.15, 0.2) is 36.4 Å². The van der Waals surface area contributed by atoms with Crippen molar-refractivity contribution in [2.45, 2.75) is 31.7 Å². The van der Waals surface area contributed by atoms with Crippen LogP contribution < -0.4 is 10.2 Å². The first-order valence-electron chi connectivity index (χ1n) is 9.45. The zero-order valence-corrected chi connectivity index (χ0v) is 16.3. The van der Waals surface area contributed by atoms with Gasteiger partial charge in [0.25, 0.3) is 5.91 Å². The van der Waals surface area contributed by atoms with E-state index in [9.17, 15) is 23.1 Å². The maximum Gasteiger partial charge on any atom is 0.431 e. The normalized spacial score (nSPS) is 18.5. The third-order valence-corrected chi connectivity index (χ3v) is 5.38. The van der Waals surface area contributed by atoms with Gasteiger partial charge in [-0.3, -0.25) is 9.20 Å². The molecule has 4 rings (SSSR count). The van der Waals surface area contributed by atoms with Crippen LogP contribution in [0.5, 0.6) is 0 Å². The minimum atomic E-state index is -4.65. The molecule has 0 fully saturated rings. The van der Waals surface area contributed by atoms with Crippen LogP contribution in [-0.2, 0) is 12.6 Å². The second-order valence-corrected chi connectivity index (χ2v) is 7.22. The van der Waals surface area contributed by atoms with Gasteiger partial charge in [0.05, 0.1) is 17.7 Å². The van der Waals surface area contributed by atoms with Gasteiger partial charge in [-0.1, -0.05) is 24.3 Å². The number of carbonyl (C=O) groups excluding carboxylic acids is 1. The Labute approximate surface area is 170 Å². The summed E-state index contributed by atoms with van der Waals surface area (Å²) in [5.41, 5.74) is 0.484. The summed E-state index contributed by atoms with van der Waals surface area (Å²) in [4.78, 5) is 14.5. The number of pyridine rings is 1. The van der Waals surface area contributed by atoms with E-state index in [1.54, 1.807) is 20.0 Å². The monoisotopic (exact) mass is 419 g/mol. The van der Waals surface area contributed by atoms with E-state index < -0.39 is 29.9 Å². The lowest BCUT2D eigenvalue weighted by Gasteiger charge is -2.20. The Morgan fingerprint density at radius 2 is 2.00 bits per heavy atom. The van der Waals surface area contributed by atoms with Crippen LogP contribution >= 0.6 is 0 Å². The molecule has 1 aliphatic carbocycles. The Hall–Kier alpha value is -3.14. The lowest BCUT2D eigenvalue weighted by atomic mass is 10.1. The number of hydrogen-bond acceptors (Lipinski definition) is 5. The minimum absolute atomic E-state index is 0.0132. The number of hydrogen-bond donors (Lipinski definition) is 2. The van der Waals surface area contributed by atoms with Crippen LogP contribution in [0.2, 0.25) is 0 Å². The van der Waals surface area contributed by atoms with Gasteiger partial charge in [-0.15, -0.1) is 10.2 Å². The van der Waals surface area contributed by atoms with Crippen LogP contribution in [-0.4, -0.2) is 45.3 Å². The fourth-order valence-corrected chi connectivity index (χ4v) is 3.74. The number of carbonyl (C=O) groups is 1. The Kier molecular flexibility index (Phi) is 4.89. The SMILES string of the molecule is CCN(C)c1nnc2c(C(=O)N[C@@H]3c4ccccc4C[C@@H]3O)ccc(C(F)(F)F)n12. The molecule has 0 radical (unpaired) electrons. The van der Waals surface area contributed by atoms with E-state index in [1.165, 1.54) is 4.90 Å². The van der Waals surface area contributed by atoms with Gasteiger partial charge in [0.2, 0.25) is 5.95 Å². The van der Waals surface area contributed by atoms with Gasteiger partial charge in [0.15, 0.2) is 5.65 Å². The van der Waals surface area contributed by atoms with E-state index in [0.29, 0.717) is 13.0 Å². The Balaban J connectivity index is 1.76. The van der Waals surface area contributed by atoms with Gasteiger partial charge in [0, 0.05) is 20.0 Å². The largest absolute Gasteiger partial charge is 0.431 e. The first-order chi connectivity index (χ1) is 14.2. The van der Waals surface area contributed by atoms with E-state index in [4.69, 9.17) is 0 Å². The number of aromatic nitrogens is 3. The molecule has 3 aromatic rings. The van der Waals surface area contributed by atoms with Crippen molar-refractivity contribution >= 4 is 17.5 Å². The number of fused-ring (bicyclic) bond motifs is 2. The lowest BCUT2D eigenvalue weighted by molar-refractivity contribution is -0.141. The van der Waals surface area contributed by atoms with Gasteiger partial charge in [-0.05, 0) is 30.2 Å². The summed E-state index contributed by atoms with van der Waals surface area (Å²) in [6.07, 6.45) is -5.09. The molecular weight excluding hydrogens is 399 g/mol. The molecule has 10 heteroatoms. The summed E-state index contributed by atoms with van der Waals surface area (Å²) < 4.78 is 41.6. The molecule has 2 aromatic heterocycles. The van der Waals surface area contributed by atoms with Crippen molar-refractivity contribution in [3.05, 3.63) is 58.8 Å². The van der Waals surface area contributed by atoms with Crippen molar-refractivity contribution < 1.29 is 23.1 Å². The molecule has 0 bridgehead atoms. The number of rotatable bonds is 4. The number of benzene rings is 1. The van der Waals surface area contributed by atoms with Crippen molar-refractivity contribution in [2.24, 2.45) is 0 Å². The number of halogens is 3. The topological polar surface area (TPSA) is 82.8 Å².